The van der Waals surface area contributed by atoms with Crippen LogP contribution in [0.25, 0.3) is 0 Å². The number of aliphatic hydroxyl groups is 1. The quantitative estimate of drug-likeness (QED) is 0.0222. The lowest BCUT2D eigenvalue weighted by molar-refractivity contribution is -0.161. The van der Waals surface area contributed by atoms with Gasteiger partial charge in [-0.1, -0.05) is 312 Å². The molecule has 0 heterocycles. The van der Waals surface area contributed by atoms with Crippen LogP contribution in [0.15, 0.2) is 0 Å². The maximum atomic E-state index is 13.0. The zero-order valence-electron chi connectivity index (χ0n) is 60.2. The van der Waals surface area contributed by atoms with Crippen LogP contribution >= 0.6 is 15.6 Å². The molecule has 92 heavy (non-hydrogen) atoms. The highest BCUT2D eigenvalue weighted by atomic mass is 31.2. The van der Waals surface area contributed by atoms with Crippen molar-refractivity contribution in [3.05, 3.63) is 0 Å². The lowest BCUT2D eigenvalue weighted by atomic mass is 9.99. The zero-order valence-corrected chi connectivity index (χ0v) is 62.0. The predicted molar refractivity (Wildman–Crippen MR) is 372 cm³/mol. The molecular weight excluding hydrogens is 1210 g/mol. The summed E-state index contributed by atoms with van der Waals surface area (Å²) < 4.78 is 68.4. The van der Waals surface area contributed by atoms with E-state index in [1.807, 2.05) is 0 Å². The molecule has 0 aromatic carbocycles. The van der Waals surface area contributed by atoms with E-state index in [1.54, 1.807) is 0 Å². The first-order valence-electron chi connectivity index (χ1n) is 37.8. The normalized spacial score (nSPS) is 14.8. The van der Waals surface area contributed by atoms with Gasteiger partial charge in [-0.2, -0.15) is 0 Å². The van der Waals surface area contributed by atoms with Crippen LogP contribution in [0.5, 0.6) is 0 Å². The molecule has 0 saturated heterocycles. The Morgan fingerprint density at radius 3 is 0.772 bits per heavy atom. The molecule has 546 valence electrons. The summed E-state index contributed by atoms with van der Waals surface area (Å²) in [6, 6.07) is 0. The molecule has 0 fully saturated rings. The highest BCUT2D eigenvalue weighted by Crippen LogP contribution is 2.45. The number of hydrogen-bond acceptors (Lipinski definition) is 15. The summed E-state index contributed by atoms with van der Waals surface area (Å²) in [7, 11) is -9.91. The van der Waals surface area contributed by atoms with Gasteiger partial charge in [0.1, 0.15) is 19.3 Å². The first-order chi connectivity index (χ1) is 44.2. The van der Waals surface area contributed by atoms with Crippen LogP contribution in [0, 0.1) is 23.7 Å². The molecule has 0 spiro atoms. The second-order valence-corrected chi connectivity index (χ2v) is 30.7. The van der Waals surface area contributed by atoms with Crippen LogP contribution in [0.4, 0.5) is 0 Å². The monoisotopic (exact) mass is 1350 g/mol. The Morgan fingerprint density at radius 2 is 0.522 bits per heavy atom. The van der Waals surface area contributed by atoms with E-state index in [4.69, 9.17) is 37.0 Å². The number of unbranched alkanes of at least 4 members (excludes halogenated alkanes) is 34. The lowest BCUT2D eigenvalue weighted by Crippen LogP contribution is -2.30. The van der Waals surface area contributed by atoms with Crippen LogP contribution in [-0.4, -0.2) is 96.7 Å². The fraction of sp³-hybridized carbons (Fsp3) is 0.945. The van der Waals surface area contributed by atoms with E-state index >= 15 is 0 Å². The third-order valence-corrected chi connectivity index (χ3v) is 19.4. The minimum Gasteiger partial charge on any atom is -0.462 e. The Balaban J connectivity index is 5.23. The Bertz CT molecular complexity index is 1820. The summed E-state index contributed by atoms with van der Waals surface area (Å²) in [6.07, 6.45) is 45.9. The number of esters is 4. The average molecular weight is 1350 g/mol. The second kappa shape index (κ2) is 62.6. The number of carbonyl (C=O) groups excluding carboxylic acids is 4. The van der Waals surface area contributed by atoms with E-state index in [9.17, 15) is 43.2 Å². The van der Waals surface area contributed by atoms with E-state index in [-0.39, 0.29) is 25.7 Å². The highest BCUT2D eigenvalue weighted by Gasteiger charge is 2.30. The zero-order chi connectivity index (χ0) is 68.2. The van der Waals surface area contributed by atoms with Crippen molar-refractivity contribution in [1.29, 1.82) is 0 Å². The molecule has 19 heteroatoms. The molecule has 7 atom stereocenters. The molecular formula is C73H142O17P2. The van der Waals surface area contributed by atoms with Gasteiger partial charge in [0.05, 0.1) is 26.4 Å². The van der Waals surface area contributed by atoms with Gasteiger partial charge >= 0.3 is 39.5 Å². The smallest absolute Gasteiger partial charge is 0.462 e. The maximum Gasteiger partial charge on any atom is 0.472 e. The van der Waals surface area contributed by atoms with E-state index < -0.39 is 97.5 Å². The molecule has 3 N–H and O–H groups in total. The molecule has 0 aromatic heterocycles. The fourth-order valence-electron chi connectivity index (χ4n) is 11.0. The molecule has 0 bridgehead atoms. The van der Waals surface area contributed by atoms with Crippen LogP contribution in [0.1, 0.15) is 364 Å². The number of aliphatic hydroxyl groups excluding tert-OH is 1. The van der Waals surface area contributed by atoms with Gasteiger partial charge in [-0.3, -0.25) is 37.3 Å². The lowest BCUT2D eigenvalue weighted by Gasteiger charge is -2.21. The summed E-state index contributed by atoms with van der Waals surface area (Å²) in [4.78, 5) is 72.6. The Kier molecular flexibility index (Phi) is 61.3. The van der Waals surface area contributed by atoms with Crippen molar-refractivity contribution >= 4 is 39.5 Å². The fourth-order valence-corrected chi connectivity index (χ4v) is 12.5. The van der Waals surface area contributed by atoms with Crippen molar-refractivity contribution in [3.8, 4) is 0 Å². The van der Waals surface area contributed by atoms with Crippen LogP contribution < -0.4 is 0 Å². The van der Waals surface area contributed by atoms with Crippen molar-refractivity contribution in [1.82, 2.24) is 0 Å². The number of carbonyl (C=O) groups is 4. The van der Waals surface area contributed by atoms with Gasteiger partial charge in [0.15, 0.2) is 12.2 Å². The van der Waals surface area contributed by atoms with Gasteiger partial charge in [-0.05, 0) is 49.4 Å². The van der Waals surface area contributed by atoms with Gasteiger partial charge in [0.2, 0.25) is 0 Å². The Hall–Kier alpha value is -1.94. The number of ether oxygens (including phenoxy) is 4. The Morgan fingerprint density at radius 1 is 0.304 bits per heavy atom. The van der Waals surface area contributed by atoms with Gasteiger partial charge in [-0.15, -0.1) is 0 Å². The molecule has 0 aliphatic heterocycles. The molecule has 0 aliphatic carbocycles. The average Bonchev–Trinajstić information content (AvgIpc) is 2.38. The molecule has 17 nitrogen and oxygen atoms in total. The number of rotatable bonds is 70. The molecule has 0 aliphatic rings. The number of phosphoric ester groups is 2. The molecule has 0 saturated carbocycles. The van der Waals surface area contributed by atoms with Crippen LogP contribution in [0.3, 0.4) is 0 Å². The minimum absolute atomic E-state index is 0.105. The summed E-state index contributed by atoms with van der Waals surface area (Å²) in [5, 5.41) is 10.6. The van der Waals surface area contributed by atoms with Crippen molar-refractivity contribution in [2.24, 2.45) is 23.7 Å². The first-order valence-corrected chi connectivity index (χ1v) is 40.8. The van der Waals surface area contributed by atoms with Crippen molar-refractivity contribution in [2.75, 3.05) is 39.6 Å². The van der Waals surface area contributed by atoms with Crippen molar-refractivity contribution in [2.45, 2.75) is 382 Å². The van der Waals surface area contributed by atoms with Crippen LogP contribution in [-0.2, 0) is 65.4 Å². The van der Waals surface area contributed by atoms with Gasteiger partial charge < -0.3 is 33.8 Å². The van der Waals surface area contributed by atoms with Crippen LogP contribution in [0.2, 0.25) is 0 Å². The predicted octanol–water partition coefficient (Wildman–Crippen LogP) is 20.9. The van der Waals surface area contributed by atoms with Gasteiger partial charge in [0, 0.05) is 25.7 Å². The van der Waals surface area contributed by atoms with Gasteiger partial charge in [-0.25, -0.2) is 9.13 Å². The topological polar surface area (TPSA) is 237 Å². The van der Waals surface area contributed by atoms with E-state index in [1.165, 1.54) is 154 Å². The van der Waals surface area contributed by atoms with E-state index in [0.29, 0.717) is 31.6 Å². The SMILES string of the molecule is CCC(C)CCCCCCCCCCCCC(=O)O[C@H](COC(=O)CCCCCCCCCC(C)C)COP(=O)(O)OC[C@@H](O)COP(=O)(O)OC[C@@H](COC(=O)CCCCCCCCC(C)CC)OC(=O)CCCCCCCCCCCCCCCCCC(C)C. The second-order valence-electron chi connectivity index (χ2n) is 27.8. The molecule has 0 aromatic rings. The third kappa shape index (κ3) is 64.1. The third-order valence-electron chi connectivity index (χ3n) is 17.5. The van der Waals surface area contributed by atoms with E-state index in [2.05, 4.69) is 55.4 Å². The van der Waals surface area contributed by atoms with E-state index in [0.717, 1.165) is 120 Å². The summed E-state index contributed by atoms with van der Waals surface area (Å²) in [6.45, 7) is 14.1. The minimum atomic E-state index is -4.95. The Labute approximate surface area is 562 Å². The molecule has 0 radical (unpaired) electrons. The van der Waals surface area contributed by atoms with Crippen molar-refractivity contribution in [3.63, 3.8) is 0 Å². The number of hydrogen-bond donors (Lipinski definition) is 3. The maximum absolute atomic E-state index is 13.0. The highest BCUT2D eigenvalue weighted by molar-refractivity contribution is 7.47. The standard InChI is InChI=1S/C73H142O17P2/c1-9-65(7)51-43-35-27-21-18-19-23-29-40-48-56-73(78)89-68(59-83-70(75)53-45-37-30-24-26-34-42-50-64(5)6)61-87-91(79,80)85-57-67(74)58-86-92(81,82)88-62-69(60-84-71(76)54-46-38-32-31-36-44-52-66(8)10-2)90-72(77)55-47-39-28-22-17-15-13-11-12-14-16-20-25-33-41-49-63(3)4/h63-69,74H,9-62H2,1-8H3,(H,79,80)(H,81,82)/t65?,66?,67-,68-,69-/m1/s1. The molecule has 4 unspecified atom stereocenters. The summed E-state index contributed by atoms with van der Waals surface area (Å²) in [5.41, 5.74) is 0. The molecule has 0 amide bonds. The number of phosphoric acid groups is 2. The summed E-state index contributed by atoms with van der Waals surface area (Å²) in [5.74, 6) is 0.914. The largest absolute Gasteiger partial charge is 0.472 e. The summed E-state index contributed by atoms with van der Waals surface area (Å²) >= 11 is 0. The van der Waals surface area contributed by atoms with Crippen molar-refractivity contribution < 1.29 is 80.2 Å². The van der Waals surface area contributed by atoms with Gasteiger partial charge in [0.25, 0.3) is 0 Å². The first kappa shape index (κ1) is 90.1. The molecule has 0 rings (SSSR count).